The van der Waals surface area contributed by atoms with Crippen LogP contribution < -0.4 is 9.47 Å². The van der Waals surface area contributed by atoms with E-state index in [4.69, 9.17) is 9.47 Å². The van der Waals surface area contributed by atoms with Gasteiger partial charge >= 0.3 is 6.09 Å². The third-order valence-corrected chi connectivity index (χ3v) is 3.83. The molecule has 2 rings (SSSR count). The lowest BCUT2D eigenvalue weighted by molar-refractivity contribution is -0.667. The molecule has 0 spiro atoms. The monoisotopic (exact) mass is 254 g/mol. The van der Waals surface area contributed by atoms with Crippen molar-refractivity contribution in [1.29, 1.82) is 0 Å². The van der Waals surface area contributed by atoms with Crippen molar-refractivity contribution < 1.29 is 18.2 Å². The van der Waals surface area contributed by atoms with E-state index < -0.39 is 0 Å². The molecule has 0 saturated heterocycles. The molecule has 1 heterocycles. The molecular weight excluding hydrogens is 238 g/mol. The summed E-state index contributed by atoms with van der Waals surface area (Å²) in [7, 11) is 3.58. The number of carbonyl (C=O) groups excluding carboxylic acids is 1. The Morgan fingerprint density at radius 2 is 2.24 bits per heavy atom. The van der Waals surface area contributed by atoms with Crippen LogP contribution in [-0.4, -0.2) is 36.9 Å². The van der Waals surface area contributed by atoms with E-state index in [9.17, 15) is 4.79 Å². The fourth-order valence-corrected chi connectivity index (χ4v) is 1.73. The zero-order valence-corrected chi connectivity index (χ0v) is 11.0. The highest BCUT2D eigenvalue weighted by Gasteiger charge is 2.31. The van der Waals surface area contributed by atoms with Crippen LogP contribution in [0.25, 0.3) is 0 Å². The minimum absolute atomic E-state index is 0.115. The van der Waals surface area contributed by atoms with Crippen LogP contribution in [0, 0.1) is 0 Å². The SMILES string of the molecule is CS[N+](C)(C)C(=O)Oc1cccc2c1OCC2. The summed E-state index contributed by atoms with van der Waals surface area (Å²) in [4.78, 5) is 11.9. The third-order valence-electron chi connectivity index (χ3n) is 2.77. The highest BCUT2D eigenvalue weighted by Crippen LogP contribution is 2.36. The molecule has 4 nitrogen and oxygen atoms in total. The first-order valence-corrected chi connectivity index (χ1v) is 6.59. The van der Waals surface area contributed by atoms with Crippen molar-refractivity contribution in [2.24, 2.45) is 0 Å². The fourth-order valence-electron chi connectivity index (χ4n) is 1.54. The summed E-state index contributed by atoms with van der Waals surface area (Å²) in [6.45, 7) is 0.657. The molecule has 0 saturated carbocycles. The van der Waals surface area contributed by atoms with Crippen LogP contribution in [0.4, 0.5) is 4.79 Å². The predicted octanol–water partition coefficient (Wildman–Crippen LogP) is 2.47. The number of quaternary nitrogens is 1. The zero-order chi connectivity index (χ0) is 12.5. The average molecular weight is 254 g/mol. The summed E-state index contributed by atoms with van der Waals surface area (Å²) in [5, 5.41) is 0. The maximum absolute atomic E-state index is 11.9. The molecule has 92 valence electrons. The van der Waals surface area contributed by atoms with Gasteiger partial charge in [-0.25, -0.2) is 0 Å². The standard InChI is InChI=1S/C12H16NO3S/c1-13(2,17-3)12(14)16-10-6-4-5-9-7-8-15-11(9)10/h4-6H,7-8H2,1-3H3/q+1. The number of rotatable bonds is 2. The number of hydrogen-bond donors (Lipinski definition) is 0. The molecule has 0 aliphatic carbocycles. The molecule has 0 fully saturated rings. The summed E-state index contributed by atoms with van der Waals surface area (Å²) >= 11 is 1.41. The minimum Gasteiger partial charge on any atom is -0.489 e. The van der Waals surface area contributed by atoms with Crippen LogP contribution in [0.1, 0.15) is 5.56 Å². The second-order valence-electron chi connectivity index (χ2n) is 4.24. The van der Waals surface area contributed by atoms with Gasteiger partial charge in [0.1, 0.15) is 0 Å². The van der Waals surface area contributed by atoms with Crippen LogP contribution in [0.15, 0.2) is 18.2 Å². The van der Waals surface area contributed by atoms with Crippen molar-refractivity contribution in [1.82, 2.24) is 0 Å². The van der Waals surface area contributed by atoms with Crippen LogP contribution in [0.2, 0.25) is 0 Å². The van der Waals surface area contributed by atoms with Gasteiger partial charge in [-0.15, -0.1) is 0 Å². The van der Waals surface area contributed by atoms with Gasteiger partial charge in [0.2, 0.25) is 0 Å². The molecule has 0 N–H and O–H groups in total. The Labute approximate surface area is 105 Å². The van der Waals surface area contributed by atoms with Gasteiger partial charge in [0.15, 0.2) is 11.5 Å². The van der Waals surface area contributed by atoms with Crippen molar-refractivity contribution in [3.05, 3.63) is 23.8 Å². The highest BCUT2D eigenvalue weighted by molar-refractivity contribution is 7.93. The summed E-state index contributed by atoms with van der Waals surface area (Å²) < 4.78 is 11.0. The Hall–Kier alpha value is -1.20. The van der Waals surface area contributed by atoms with E-state index in [2.05, 4.69) is 0 Å². The van der Waals surface area contributed by atoms with Crippen LogP contribution in [0.3, 0.4) is 0 Å². The smallest absolute Gasteiger partial charge is 0.489 e. The van der Waals surface area contributed by atoms with Crippen molar-refractivity contribution in [3.8, 4) is 11.5 Å². The van der Waals surface area contributed by atoms with E-state index in [0.717, 1.165) is 12.0 Å². The largest absolute Gasteiger partial charge is 0.533 e. The maximum atomic E-state index is 11.9. The van der Waals surface area contributed by atoms with E-state index in [1.54, 1.807) is 20.2 Å². The molecule has 0 atom stereocenters. The third kappa shape index (κ3) is 2.40. The van der Waals surface area contributed by atoms with Crippen molar-refractivity contribution in [2.75, 3.05) is 27.0 Å². The second kappa shape index (κ2) is 4.58. The van der Waals surface area contributed by atoms with Crippen LogP contribution in [-0.2, 0) is 6.42 Å². The highest BCUT2D eigenvalue weighted by atomic mass is 32.2. The number of nitrogens with zero attached hydrogens (tertiary/aromatic N) is 1. The van der Waals surface area contributed by atoms with Crippen LogP contribution in [0.5, 0.6) is 11.5 Å². The van der Waals surface area contributed by atoms with Gasteiger partial charge in [0.05, 0.1) is 32.7 Å². The van der Waals surface area contributed by atoms with Gasteiger partial charge < -0.3 is 9.47 Å². The molecule has 0 aromatic heterocycles. The lowest BCUT2D eigenvalue weighted by Gasteiger charge is -2.20. The number of carbonyl (C=O) groups is 1. The molecule has 5 heteroatoms. The maximum Gasteiger partial charge on any atom is 0.533 e. The fraction of sp³-hybridized carbons (Fsp3) is 0.417. The van der Waals surface area contributed by atoms with E-state index in [1.807, 2.05) is 18.4 Å². The molecule has 1 aromatic carbocycles. The quantitative estimate of drug-likeness (QED) is 0.600. The van der Waals surface area contributed by atoms with Crippen molar-refractivity contribution in [3.63, 3.8) is 0 Å². The normalized spacial score (nSPS) is 14.1. The van der Waals surface area contributed by atoms with E-state index in [0.29, 0.717) is 18.1 Å². The van der Waals surface area contributed by atoms with Gasteiger partial charge in [0.25, 0.3) is 0 Å². The Balaban J connectivity index is 2.20. The minimum atomic E-state index is -0.304. The van der Waals surface area contributed by atoms with Gasteiger partial charge in [-0.1, -0.05) is 12.1 Å². The molecule has 0 bridgehead atoms. The van der Waals surface area contributed by atoms with E-state index in [1.165, 1.54) is 11.9 Å². The Morgan fingerprint density at radius 3 is 2.94 bits per heavy atom. The first kappa shape index (κ1) is 12.3. The predicted molar refractivity (Wildman–Crippen MR) is 67.3 cm³/mol. The molecule has 1 aromatic rings. The number of para-hydroxylation sites is 1. The lowest BCUT2D eigenvalue weighted by Crippen LogP contribution is -2.40. The Bertz CT molecular complexity index is 445. The molecule has 17 heavy (non-hydrogen) atoms. The van der Waals surface area contributed by atoms with E-state index in [-0.39, 0.29) is 9.98 Å². The van der Waals surface area contributed by atoms with Gasteiger partial charge in [-0.2, -0.15) is 8.68 Å². The summed E-state index contributed by atoms with van der Waals surface area (Å²) in [5.41, 5.74) is 1.10. The Morgan fingerprint density at radius 1 is 1.47 bits per heavy atom. The summed E-state index contributed by atoms with van der Waals surface area (Å²) in [6.07, 6.45) is 2.44. The number of benzene rings is 1. The number of amides is 1. The molecule has 1 aliphatic rings. The van der Waals surface area contributed by atoms with Crippen molar-refractivity contribution >= 4 is 18.0 Å². The lowest BCUT2D eigenvalue weighted by atomic mass is 10.1. The van der Waals surface area contributed by atoms with Gasteiger partial charge in [-0.05, 0) is 6.07 Å². The second-order valence-corrected chi connectivity index (χ2v) is 5.52. The topological polar surface area (TPSA) is 35.5 Å². The molecule has 1 aliphatic heterocycles. The van der Waals surface area contributed by atoms with Gasteiger partial charge in [-0.3, -0.25) is 0 Å². The van der Waals surface area contributed by atoms with Crippen molar-refractivity contribution in [2.45, 2.75) is 6.42 Å². The first-order valence-electron chi connectivity index (χ1n) is 5.41. The number of fused-ring (bicyclic) bond motifs is 1. The number of ether oxygens (including phenoxy) is 2. The zero-order valence-electron chi connectivity index (χ0n) is 10.2. The van der Waals surface area contributed by atoms with E-state index >= 15 is 0 Å². The average Bonchev–Trinajstić information content (AvgIpc) is 2.78. The molecule has 0 radical (unpaired) electrons. The summed E-state index contributed by atoms with van der Waals surface area (Å²) in [5.74, 6) is 1.23. The molecule has 1 amide bonds. The first-order chi connectivity index (χ1) is 8.04. The summed E-state index contributed by atoms with van der Waals surface area (Å²) in [6, 6.07) is 5.64. The molecule has 0 unspecified atom stereocenters. The van der Waals surface area contributed by atoms with Crippen LogP contribution >= 0.6 is 11.9 Å². The number of hydrogen-bond acceptors (Lipinski definition) is 4. The molecular formula is C12H16NO3S+. The van der Waals surface area contributed by atoms with Gasteiger partial charge in [0, 0.05) is 18.2 Å². The Kier molecular flexibility index (Phi) is 3.31.